The highest BCUT2D eigenvalue weighted by Gasteiger charge is 2.08. The fraction of sp³-hybridized carbons (Fsp3) is 0.348. The summed E-state index contributed by atoms with van der Waals surface area (Å²) in [5.41, 5.74) is 2.47. The minimum Gasteiger partial charge on any atom is -0.376 e. The fourth-order valence-electron chi connectivity index (χ4n) is 2.85. The average Bonchev–Trinajstić information content (AvgIpc) is 2.73. The van der Waals surface area contributed by atoms with Crippen molar-refractivity contribution in [1.82, 2.24) is 5.32 Å². The zero-order valence-corrected chi connectivity index (χ0v) is 17.6. The predicted molar refractivity (Wildman–Crippen MR) is 121 cm³/mol. The van der Waals surface area contributed by atoms with E-state index in [0.717, 1.165) is 24.9 Å². The number of hydrogen-bond donors (Lipinski definition) is 4. The molecule has 0 aliphatic heterocycles. The van der Waals surface area contributed by atoms with Crippen LogP contribution in [-0.2, 0) is 9.59 Å². The molecule has 160 valence electrons. The zero-order chi connectivity index (χ0) is 21.8. The Kier molecular flexibility index (Phi) is 9.37. The van der Waals surface area contributed by atoms with Gasteiger partial charge in [-0.15, -0.1) is 0 Å². The van der Waals surface area contributed by atoms with E-state index in [0.29, 0.717) is 29.9 Å². The smallest absolute Gasteiger partial charge is 0.251 e. The Morgan fingerprint density at radius 1 is 0.800 bits per heavy atom. The number of unbranched alkanes of at least 4 members (excludes halogenated alkanes) is 2. The van der Waals surface area contributed by atoms with Crippen molar-refractivity contribution in [2.24, 2.45) is 0 Å². The molecule has 0 saturated carbocycles. The normalized spacial score (nSPS) is 10.2. The van der Waals surface area contributed by atoms with Crippen molar-refractivity contribution in [3.63, 3.8) is 0 Å². The largest absolute Gasteiger partial charge is 0.376 e. The van der Waals surface area contributed by atoms with Crippen molar-refractivity contribution in [1.29, 1.82) is 0 Å². The summed E-state index contributed by atoms with van der Waals surface area (Å²) in [7, 11) is 0. The van der Waals surface area contributed by atoms with Crippen molar-refractivity contribution in [3.05, 3.63) is 54.1 Å². The molecule has 7 nitrogen and oxygen atoms in total. The van der Waals surface area contributed by atoms with E-state index >= 15 is 0 Å². The van der Waals surface area contributed by atoms with Crippen LogP contribution in [0.25, 0.3) is 0 Å². The number of carbonyl (C=O) groups is 3. The Morgan fingerprint density at radius 3 is 2.20 bits per heavy atom. The SMILES string of the molecule is CCCCCC(=O)Nc1cccc(NCC(=O)Nc2cccc(C(=O)NCC)c2)c1. The molecule has 2 rings (SSSR count). The monoisotopic (exact) mass is 410 g/mol. The molecule has 0 spiro atoms. The van der Waals surface area contributed by atoms with Crippen LogP contribution >= 0.6 is 0 Å². The van der Waals surface area contributed by atoms with Gasteiger partial charge in [0.15, 0.2) is 0 Å². The second-order valence-corrected chi connectivity index (χ2v) is 6.93. The van der Waals surface area contributed by atoms with Crippen molar-refractivity contribution in [2.45, 2.75) is 39.5 Å². The molecule has 0 saturated heterocycles. The average molecular weight is 411 g/mol. The maximum atomic E-state index is 12.3. The van der Waals surface area contributed by atoms with Gasteiger partial charge in [-0.05, 0) is 49.7 Å². The van der Waals surface area contributed by atoms with Gasteiger partial charge in [0, 0.05) is 35.6 Å². The van der Waals surface area contributed by atoms with Crippen LogP contribution < -0.4 is 21.3 Å². The van der Waals surface area contributed by atoms with Crippen LogP contribution in [-0.4, -0.2) is 30.8 Å². The second kappa shape index (κ2) is 12.3. The van der Waals surface area contributed by atoms with Crippen molar-refractivity contribution in [2.75, 3.05) is 29.0 Å². The van der Waals surface area contributed by atoms with Gasteiger partial charge in [-0.1, -0.05) is 31.9 Å². The first-order valence-electron chi connectivity index (χ1n) is 10.3. The molecule has 0 heterocycles. The van der Waals surface area contributed by atoms with E-state index in [2.05, 4.69) is 28.2 Å². The lowest BCUT2D eigenvalue weighted by atomic mass is 10.2. The summed E-state index contributed by atoms with van der Waals surface area (Å²) in [4.78, 5) is 36.1. The van der Waals surface area contributed by atoms with Gasteiger partial charge in [-0.25, -0.2) is 0 Å². The Hall–Kier alpha value is -3.35. The van der Waals surface area contributed by atoms with Crippen LogP contribution in [0.4, 0.5) is 17.1 Å². The Labute approximate surface area is 177 Å². The lowest BCUT2D eigenvalue weighted by Gasteiger charge is -2.11. The number of nitrogens with one attached hydrogen (secondary N) is 4. The molecule has 0 aliphatic carbocycles. The van der Waals surface area contributed by atoms with Gasteiger partial charge in [0.2, 0.25) is 11.8 Å². The lowest BCUT2D eigenvalue weighted by molar-refractivity contribution is -0.116. The Balaban J connectivity index is 1.85. The molecule has 0 atom stereocenters. The minimum atomic E-state index is -0.239. The quantitative estimate of drug-likeness (QED) is 0.421. The topological polar surface area (TPSA) is 99.3 Å². The number of anilines is 3. The summed E-state index contributed by atoms with van der Waals surface area (Å²) in [6.45, 7) is 4.54. The summed E-state index contributed by atoms with van der Waals surface area (Å²) in [6, 6.07) is 14.0. The molecular weight excluding hydrogens is 380 g/mol. The molecule has 0 unspecified atom stereocenters. The summed E-state index contributed by atoms with van der Waals surface area (Å²) in [5.74, 6) is -0.428. The molecule has 30 heavy (non-hydrogen) atoms. The van der Waals surface area contributed by atoms with Gasteiger partial charge in [0.05, 0.1) is 6.54 Å². The third-order valence-corrected chi connectivity index (χ3v) is 4.35. The molecule has 0 fully saturated rings. The first-order chi connectivity index (χ1) is 14.5. The van der Waals surface area contributed by atoms with Gasteiger partial charge in [-0.2, -0.15) is 0 Å². The molecule has 3 amide bonds. The summed E-state index contributed by atoms with van der Waals surface area (Å²) in [6.07, 6.45) is 3.49. The third kappa shape index (κ3) is 7.95. The number of amides is 3. The zero-order valence-electron chi connectivity index (χ0n) is 17.6. The molecule has 0 aromatic heterocycles. The molecule has 2 aromatic rings. The van der Waals surface area contributed by atoms with Gasteiger partial charge in [0.25, 0.3) is 5.91 Å². The van der Waals surface area contributed by atoms with E-state index in [1.807, 2.05) is 25.1 Å². The van der Waals surface area contributed by atoms with E-state index in [1.54, 1.807) is 30.3 Å². The van der Waals surface area contributed by atoms with Gasteiger partial charge in [0.1, 0.15) is 0 Å². The highest BCUT2D eigenvalue weighted by atomic mass is 16.2. The van der Waals surface area contributed by atoms with Gasteiger partial charge < -0.3 is 21.3 Å². The van der Waals surface area contributed by atoms with Crippen LogP contribution in [0, 0.1) is 0 Å². The van der Waals surface area contributed by atoms with Gasteiger partial charge in [-0.3, -0.25) is 14.4 Å². The first kappa shape index (κ1) is 22.9. The molecule has 7 heteroatoms. The molecule has 4 N–H and O–H groups in total. The van der Waals surface area contributed by atoms with Gasteiger partial charge >= 0.3 is 0 Å². The number of benzene rings is 2. The third-order valence-electron chi connectivity index (χ3n) is 4.35. The van der Waals surface area contributed by atoms with Crippen molar-refractivity contribution in [3.8, 4) is 0 Å². The highest BCUT2D eigenvalue weighted by molar-refractivity contribution is 5.98. The number of rotatable bonds is 11. The van der Waals surface area contributed by atoms with E-state index in [9.17, 15) is 14.4 Å². The van der Waals surface area contributed by atoms with Crippen molar-refractivity contribution < 1.29 is 14.4 Å². The van der Waals surface area contributed by atoms with Crippen LogP contribution in [0.1, 0.15) is 49.9 Å². The first-order valence-corrected chi connectivity index (χ1v) is 10.3. The van der Waals surface area contributed by atoms with E-state index in [-0.39, 0.29) is 24.3 Å². The molecular formula is C23H30N4O3. The maximum absolute atomic E-state index is 12.3. The lowest BCUT2D eigenvalue weighted by Crippen LogP contribution is -2.24. The van der Waals surface area contributed by atoms with Crippen molar-refractivity contribution >= 4 is 34.8 Å². The molecule has 0 bridgehead atoms. The molecule has 2 aromatic carbocycles. The number of carbonyl (C=O) groups excluding carboxylic acids is 3. The van der Waals surface area contributed by atoms with Crippen LogP contribution in [0.5, 0.6) is 0 Å². The fourth-order valence-corrected chi connectivity index (χ4v) is 2.85. The maximum Gasteiger partial charge on any atom is 0.251 e. The minimum absolute atomic E-state index is 0.00895. The van der Waals surface area contributed by atoms with Crippen LogP contribution in [0.2, 0.25) is 0 Å². The summed E-state index contributed by atoms with van der Waals surface area (Å²) >= 11 is 0. The van der Waals surface area contributed by atoms with Crippen LogP contribution in [0.15, 0.2) is 48.5 Å². The molecule has 0 radical (unpaired) electrons. The Bertz CT molecular complexity index is 867. The predicted octanol–water partition coefficient (Wildman–Crippen LogP) is 4.01. The Morgan fingerprint density at radius 2 is 1.47 bits per heavy atom. The molecule has 0 aliphatic rings. The standard InChI is InChI=1S/C23H30N4O3/c1-3-5-6-13-21(28)26-20-12-8-10-18(15-20)25-16-22(29)27-19-11-7-9-17(14-19)23(30)24-4-2/h7-12,14-15,25H,3-6,13,16H2,1-2H3,(H,24,30)(H,26,28)(H,27,29). The second-order valence-electron chi connectivity index (χ2n) is 6.93. The highest BCUT2D eigenvalue weighted by Crippen LogP contribution is 2.16. The van der Waals surface area contributed by atoms with E-state index < -0.39 is 0 Å². The van der Waals surface area contributed by atoms with E-state index in [1.165, 1.54) is 0 Å². The number of hydrogen-bond acceptors (Lipinski definition) is 4. The van der Waals surface area contributed by atoms with E-state index in [4.69, 9.17) is 0 Å². The van der Waals surface area contributed by atoms with Crippen LogP contribution in [0.3, 0.4) is 0 Å². The summed E-state index contributed by atoms with van der Waals surface area (Å²) in [5, 5.41) is 11.4. The summed E-state index contributed by atoms with van der Waals surface area (Å²) < 4.78 is 0.